The van der Waals surface area contributed by atoms with Crippen LogP contribution in [0.4, 0.5) is 10.5 Å². The van der Waals surface area contributed by atoms with E-state index in [1.54, 1.807) is 6.92 Å². The Hall–Kier alpha value is -1.71. The van der Waals surface area contributed by atoms with Crippen molar-refractivity contribution in [2.45, 2.75) is 13.8 Å². The number of anilines is 1. The van der Waals surface area contributed by atoms with Crippen LogP contribution in [0, 0.1) is 6.92 Å². The fourth-order valence-corrected chi connectivity index (χ4v) is 0.999. The molecule has 0 fully saturated rings. The molecule has 76 valence electrons. The first-order chi connectivity index (χ1) is 6.74. The zero-order valence-electron chi connectivity index (χ0n) is 8.33. The van der Waals surface area contributed by atoms with Crippen molar-refractivity contribution in [3.8, 4) is 0 Å². The normalized spacial score (nSPS) is 9.29. The fourth-order valence-electron chi connectivity index (χ4n) is 0.999. The zero-order chi connectivity index (χ0) is 10.4. The molecule has 0 aromatic heterocycles. The van der Waals surface area contributed by atoms with Gasteiger partial charge in [-0.1, -0.05) is 18.2 Å². The van der Waals surface area contributed by atoms with E-state index in [1.807, 2.05) is 31.2 Å². The zero-order valence-corrected chi connectivity index (χ0v) is 8.33. The second-order valence-corrected chi connectivity index (χ2v) is 2.79. The molecular formula is C10H14N2O2. The maximum Gasteiger partial charge on any atom is 0.425 e. The summed E-state index contributed by atoms with van der Waals surface area (Å²) >= 11 is 0. The number of rotatable bonds is 3. The molecule has 2 N–H and O–H groups in total. The first-order valence-electron chi connectivity index (χ1n) is 4.48. The van der Waals surface area contributed by atoms with Crippen molar-refractivity contribution in [3.63, 3.8) is 0 Å². The number of carbonyl (C=O) groups excluding carboxylic acids is 1. The van der Waals surface area contributed by atoms with Crippen molar-refractivity contribution in [1.29, 1.82) is 0 Å². The smallest absolute Gasteiger partial charge is 0.425 e. The highest BCUT2D eigenvalue weighted by molar-refractivity contribution is 5.69. The Labute approximate surface area is 83.2 Å². The summed E-state index contributed by atoms with van der Waals surface area (Å²) in [5.74, 6) is 0. The third kappa shape index (κ3) is 2.97. The number of aryl methyl sites for hydroxylation is 1. The van der Waals surface area contributed by atoms with Crippen molar-refractivity contribution in [1.82, 2.24) is 5.43 Å². The molecule has 0 aliphatic carbocycles. The minimum Gasteiger partial charge on any atom is -0.449 e. The molecule has 4 heteroatoms. The van der Waals surface area contributed by atoms with Crippen LogP contribution in [0.3, 0.4) is 0 Å². The lowest BCUT2D eigenvalue weighted by atomic mass is 10.2. The Morgan fingerprint density at radius 1 is 1.43 bits per heavy atom. The largest absolute Gasteiger partial charge is 0.449 e. The molecule has 4 nitrogen and oxygen atoms in total. The standard InChI is InChI=1S/C10H14N2O2/c1-3-14-10(13)12-11-9-7-5-4-6-8(9)2/h4-7,11H,3H2,1-2H3,(H,12,13). The van der Waals surface area contributed by atoms with Crippen molar-refractivity contribution in [3.05, 3.63) is 29.8 Å². The van der Waals surface area contributed by atoms with Gasteiger partial charge in [-0.15, -0.1) is 0 Å². The van der Waals surface area contributed by atoms with Gasteiger partial charge in [0.2, 0.25) is 0 Å². The number of para-hydroxylation sites is 1. The van der Waals surface area contributed by atoms with Crippen molar-refractivity contribution in [2.24, 2.45) is 0 Å². The van der Waals surface area contributed by atoms with E-state index in [4.69, 9.17) is 4.74 Å². The summed E-state index contributed by atoms with van der Waals surface area (Å²) in [6.45, 7) is 4.07. The van der Waals surface area contributed by atoms with Crippen LogP contribution in [-0.2, 0) is 4.74 Å². The van der Waals surface area contributed by atoms with E-state index >= 15 is 0 Å². The monoisotopic (exact) mass is 194 g/mol. The molecule has 1 rings (SSSR count). The molecular weight excluding hydrogens is 180 g/mol. The summed E-state index contributed by atoms with van der Waals surface area (Å²) in [4.78, 5) is 10.9. The van der Waals surface area contributed by atoms with E-state index in [0.29, 0.717) is 6.61 Å². The Morgan fingerprint density at radius 3 is 2.79 bits per heavy atom. The van der Waals surface area contributed by atoms with E-state index in [1.165, 1.54) is 0 Å². The number of hydrazine groups is 1. The molecule has 0 bridgehead atoms. The second kappa shape index (κ2) is 5.11. The van der Waals surface area contributed by atoms with Gasteiger partial charge in [0.05, 0.1) is 12.3 Å². The summed E-state index contributed by atoms with van der Waals surface area (Å²) < 4.78 is 4.69. The maximum absolute atomic E-state index is 10.9. The Balaban J connectivity index is 2.46. The van der Waals surface area contributed by atoms with Gasteiger partial charge in [0, 0.05) is 0 Å². The van der Waals surface area contributed by atoms with Gasteiger partial charge in [-0.2, -0.15) is 0 Å². The van der Waals surface area contributed by atoms with Gasteiger partial charge in [-0.25, -0.2) is 10.2 Å². The lowest BCUT2D eigenvalue weighted by Crippen LogP contribution is -2.30. The van der Waals surface area contributed by atoms with Crippen LogP contribution < -0.4 is 10.9 Å². The van der Waals surface area contributed by atoms with Gasteiger partial charge in [0.25, 0.3) is 0 Å². The van der Waals surface area contributed by atoms with Gasteiger partial charge < -0.3 is 4.74 Å². The molecule has 0 spiro atoms. The maximum atomic E-state index is 10.9. The summed E-state index contributed by atoms with van der Waals surface area (Å²) in [5.41, 5.74) is 7.12. The van der Waals surface area contributed by atoms with Crippen molar-refractivity contribution in [2.75, 3.05) is 12.0 Å². The van der Waals surface area contributed by atoms with E-state index in [9.17, 15) is 4.79 Å². The number of hydrogen-bond acceptors (Lipinski definition) is 3. The average Bonchev–Trinajstić information content (AvgIpc) is 2.17. The predicted octanol–water partition coefficient (Wildman–Crippen LogP) is 2.07. The van der Waals surface area contributed by atoms with Gasteiger partial charge in [0.15, 0.2) is 0 Å². The molecule has 0 radical (unpaired) electrons. The molecule has 0 aliphatic rings. The highest BCUT2D eigenvalue weighted by atomic mass is 16.5. The molecule has 14 heavy (non-hydrogen) atoms. The Morgan fingerprint density at radius 2 is 2.14 bits per heavy atom. The van der Waals surface area contributed by atoms with Gasteiger partial charge in [-0.3, -0.25) is 5.43 Å². The molecule has 0 saturated carbocycles. The molecule has 0 heterocycles. The van der Waals surface area contributed by atoms with Crippen LogP contribution in [0.1, 0.15) is 12.5 Å². The Bertz CT molecular complexity index is 313. The lowest BCUT2D eigenvalue weighted by Gasteiger charge is -2.09. The number of ether oxygens (including phenoxy) is 1. The number of carbonyl (C=O) groups is 1. The van der Waals surface area contributed by atoms with E-state index in [2.05, 4.69) is 10.9 Å². The first-order valence-corrected chi connectivity index (χ1v) is 4.48. The molecule has 0 saturated heterocycles. The quantitative estimate of drug-likeness (QED) is 0.724. The lowest BCUT2D eigenvalue weighted by molar-refractivity contribution is 0.154. The topological polar surface area (TPSA) is 50.4 Å². The summed E-state index contributed by atoms with van der Waals surface area (Å²) in [7, 11) is 0. The summed E-state index contributed by atoms with van der Waals surface area (Å²) in [6, 6.07) is 7.66. The van der Waals surface area contributed by atoms with Crippen LogP contribution in [0.5, 0.6) is 0 Å². The van der Waals surface area contributed by atoms with Crippen molar-refractivity contribution < 1.29 is 9.53 Å². The number of nitrogens with one attached hydrogen (secondary N) is 2. The van der Waals surface area contributed by atoms with E-state index < -0.39 is 6.09 Å². The molecule has 0 unspecified atom stereocenters. The van der Waals surface area contributed by atoms with Gasteiger partial charge >= 0.3 is 6.09 Å². The van der Waals surface area contributed by atoms with Crippen LogP contribution in [0.25, 0.3) is 0 Å². The number of benzene rings is 1. The van der Waals surface area contributed by atoms with E-state index in [0.717, 1.165) is 11.3 Å². The molecule has 1 amide bonds. The molecule has 0 aliphatic heterocycles. The van der Waals surface area contributed by atoms with Crippen LogP contribution >= 0.6 is 0 Å². The SMILES string of the molecule is CCOC(=O)NNc1ccccc1C. The predicted molar refractivity (Wildman–Crippen MR) is 55.0 cm³/mol. The van der Waals surface area contributed by atoms with Gasteiger partial charge in [-0.05, 0) is 25.5 Å². The molecule has 1 aromatic rings. The minimum atomic E-state index is -0.476. The second-order valence-electron chi connectivity index (χ2n) is 2.79. The third-order valence-electron chi connectivity index (χ3n) is 1.72. The number of amides is 1. The highest BCUT2D eigenvalue weighted by Crippen LogP contribution is 2.11. The van der Waals surface area contributed by atoms with Crippen LogP contribution in [-0.4, -0.2) is 12.7 Å². The van der Waals surface area contributed by atoms with Gasteiger partial charge in [0.1, 0.15) is 0 Å². The summed E-state index contributed by atoms with van der Waals surface area (Å²) in [6.07, 6.45) is -0.476. The first kappa shape index (κ1) is 10.4. The number of hydrogen-bond donors (Lipinski definition) is 2. The van der Waals surface area contributed by atoms with Crippen molar-refractivity contribution >= 4 is 11.8 Å². The third-order valence-corrected chi connectivity index (χ3v) is 1.72. The molecule has 0 atom stereocenters. The Kier molecular flexibility index (Phi) is 3.79. The minimum absolute atomic E-state index is 0.362. The van der Waals surface area contributed by atoms with Crippen LogP contribution in [0.15, 0.2) is 24.3 Å². The summed E-state index contributed by atoms with van der Waals surface area (Å²) in [5, 5.41) is 0. The molecule has 1 aromatic carbocycles. The van der Waals surface area contributed by atoms with E-state index in [-0.39, 0.29) is 0 Å². The van der Waals surface area contributed by atoms with Crippen LogP contribution in [0.2, 0.25) is 0 Å². The average molecular weight is 194 g/mol. The fraction of sp³-hybridized carbons (Fsp3) is 0.300. The highest BCUT2D eigenvalue weighted by Gasteiger charge is 1.99.